The van der Waals surface area contributed by atoms with Crippen molar-refractivity contribution in [3.63, 3.8) is 0 Å². The van der Waals surface area contributed by atoms with Gasteiger partial charge in [0.2, 0.25) is 0 Å². The number of aliphatic hydroxyl groups is 1. The van der Waals surface area contributed by atoms with Crippen LogP contribution in [0.25, 0.3) is 11.0 Å². The van der Waals surface area contributed by atoms with Crippen LogP contribution in [0.5, 0.6) is 0 Å². The van der Waals surface area contributed by atoms with Gasteiger partial charge in [0.05, 0.1) is 17.6 Å². The van der Waals surface area contributed by atoms with E-state index in [0.29, 0.717) is 0 Å². The van der Waals surface area contributed by atoms with Gasteiger partial charge in [0.15, 0.2) is 5.16 Å². The van der Waals surface area contributed by atoms with Gasteiger partial charge in [0.1, 0.15) is 0 Å². The molecule has 1 aromatic carbocycles. The molecule has 1 aromatic heterocycles. The highest BCUT2D eigenvalue weighted by Gasteiger charge is 2.21. The Morgan fingerprint density at radius 1 is 1.50 bits per heavy atom. The molecule has 1 heterocycles. The number of benzene rings is 1. The molecule has 2 rings (SSSR count). The predicted molar refractivity (Wildman–Crippen MR) is 76.1 cm³/mol. The van der Waals surface area contributed by atoms with Crippen LogP contribution in [-0.2, 0) is 0 Å². The number of aromatic amines is 1. The molecule has 0 aliphatic heterocycles. The van der Waals surface area contributed by atoms with Gasteiger partial charge in [0.25, 0.3) is 0 Å². The fraction of sp³-hybridized carbons (Fsp3) is 0.462. The molecule has 0 radical (unpaired) electrons. The molecule has 0 aliphatic carbocycles. The second-order valence-corrected chi connectivity index (χ2v) is 5.78. The van der Waals surface area contributed by atoms with E-state index in [4.69, 9.17) is 0 Å². The Balaban J connectivity index is 2.13. The first-order chi connectivity index (χ1) is 8.56. The monoisotopic (exact) mass is 265 g/mol. The number of likely N-dealkylation sites (N-methyl/N-ethyl adjacent to an activating group) is 1. The molecule has 2 aromatic rings. The second-order valence-electron chi connectivity index (χ2n) is 4.82. The number of fused-ring (bicyclic) bond motifs is 1. The van der Waals surface area contributed by atoms with Gasteiger partial charge in [0, 0.05) is 11.3 Å². The Kier molecular flexibility index (Phi) is 3.94. The molecule has 1 unspecified atom stereocenters. The minimum absolute atomic E-state index is 0.107. The summed E-state index contributed by atoms with van der Waals surface area (Å²) in [4.78, 5) is 7.82. The molecular weight excluding hydrogens is 246 g/mol. The largest absolute Gasteiger partial charge is 0.394 e. The van der Waals surface area contributed by atoms with Crippen LogP contribution < -0.4 is 5.32 Å². The highest BCUT2D eigenvalue weighted by molar-refractivity contribution is 7.99. The number of rotatable bonds is 5. The normalized spacial score (nSPS) is 14.9. The molecule has 0 fully saturated rings. The van der Waals surface area contributed by atoms with E-state index in [2.05, 4.69) is 34.3 Å². The van der Waals surface area contributed by atoms with Crippen molar-refractivity contribution in [3.8, 4) is 0 Å². The van der Waals surface area contributed by atoms with Crippen molar-refractivity contribution in [3.05, 3.63) is 23.8 Å². The van der Waals surface area contributed by atoms with Crippen LogP contribution >= 0.6 is 11.8 Å². The molecule has 0 saturated heterocycles. The van der Waals surface area contributed by atoms with Crippen molar-refractivity contribution in [1.29, 1.82) is 0 Å². The standard InChI is InChI=1S/C13H19N3OS/c1-9-4-5-10-11(6-9)16-12(15-10)18-8-13(2,7-17)14-3/h4-6,14,17H,7-8H2,1-3H3,(H,15,16). The zero-order valence-corrected chi connectivity index (χ0v) is 11.8. The van der Waals surface area contributed by atoms with E-state index >= 15 is 0 Å². The van der Waals surface area contributed by atoms with Crippen LogP contribution in [0.4, 0.5) is 0 Å². The molecular formula is C13H19N3OS. The number of aromatic nitrogens is 2. The van der Waals surface area contributed by atoms with Crippen LogP contribution in [0.3, 0.4) is 0 Å². The Morgan fingerprint density at radius 3 is 2.94 bits per heavy atom. The van der Waals surface area contributed by atoms with Crippen molar-refractivity contribution in [1.82, 2.24) is 15.3 Å². The molecule has 5 heteroatoms. The lowest BCUT2D eigenvalue weighted by atomic mass is 10.1. The van der Waals surface area contributed by atoms with Gasteiger partial charge in [-0.25, -0.2) is 4.98 Å². The summed E-state index contributed by atoms with van der Waals surface area (Å²) in [5.41, 5.74) is 2.99. The molecule has 98 valence electrons. The van der Waals surface area contributed by atoms with Gasteiger partial charge in [-0.3, -0.25) is 0 Å². The van der Waals surface area contributed by atoms with E-state index in [1.807, 2.05) is 20.0 Å². The number of aryl methyl sites for hydroxylation is 1. The maximum absolute atomic E-state index is 9.33. The molecule has 18 heavy (non-hydrogen) atoms. The summed E-state index contributed by atoms with van der Waals surface area (Å²) >= 11 is 1.62. The predicted octanol–water partition coefficient (Wildman–Crippen LogP) is 1.93. The van der Waals surface area contributed by atoms with Crippen LogP contribution in [0.1, 0.15) is 12.5 Å². The maximum Gasteiger partial charge on any atom is 0.166 e. The first-order valence-electron chi connectivity index (χ1n) is 5.95. The van der Waals surface area contributed by atoms with E-state index in [0.717, 1.165) is 21.9 Å². The summed E-state index contributed by atoms with van der Waals surface area (Å²) in [6, 6.07) is 6.17. The van der Waals surface area contributed by atoms with Crippen LogP contribution in [0.15, 0.2) is 23.4 Å². The summed E-state index contributed by atoms with van der Waals surface area (Å²) in [6.07, 6.45) is 0. The Hall–Kier alpha value is -1.04. The van der Waals surface area contributed by atoms with Gasteiger partial charge >= 0.3 is 0 Å². The third kappa shape index (κ3) is 2.85. The number of nitrogens with zero attached hydrogens (tertiary/aromatic N) is 1. The third-order valence-electron chi connectivity index (χ3n) is 3.10. The van der Waals surface area contributed by atoms with E-state index in [1.54, 1.807) is 11.8 Å². The summed E-state index contributed by atoms with van der Waals surface area (Å²) < 4.78 is 0. The molecule has 0 aliphatic rings. The topological polar surface area (TPSA) is 60.9 Å². The van der Waals surface area contributed by atoms with E-state index < -0.39 is 0 Å². The van der Waals surface area contributed by atoms with Gasteiger partial charge in [-0.2, -0.15) is 0 Å². The lowest BCUT2D eigenvalue weighted by Gasteiger charge is -2.25. The number of hydrogen-bond acceptors (Lipinski definition) is 4. The minimum atomic E-state index is -0.278. The average molecular weight is 265 g/mol. The number of thioether (sulfide) groups is 1. The third-order valence-corrected chi connectivity index (χ3v) is 4.34. The van der Waals surface area contributed by atoms with Crippen molar-refractivity contribution in [2.24, 2.45) is 0 Å². The van der Waals surface area contributed by atoms with E-state index in [-0.39, 0.29) is 12.1 Å². The Labute approximate surface area is 111 Å². The smallest absolute Gasteiger partial charge is 0.166 e. The minimum Gasteiger partial charge on any atom is -0.394 e. The van der Waals surface area contributed by atoms with Crippen LogP contribution in [0, 0.1) is 6.92 Å². The number of nitrogens with one attached hydrogen (secondary N) is 2. The van der Waals surface area contributed by atoms with Gasteiger partial charge in [-0.15, -0.1) is 0 Å². The molecule has 4 nitrogen and oxygen atoms in total. The van der Waals surface area contributed by atoms with E-state index in [9.17, 15) is 5.11 Å². The quantitative estimate of drug-likeness (QED) is 0.723. The van der Waals surface area contributed by atoms with Crippen molar-refractivity contribution >= 4 is 22.8 Å². The summed E-state index contributed by atoms with van der Waals surface area (Å²) in [5.74, 6) is 0.763. The summed E-state index contributed by atoms with van der Waals surface area (Å²) in [6.45, 7) is 4.17. The SMILES string of the molecule is CNC(C)(CO)CSc1nc2ccc(C)cc2[nH]1. The molecule has 0 spiro atoms. The second kappa shape index (κ2) is 5.30. The zero-order chi connectivity index (χ0) is 13.2. The van der Waals surface area contributed by atoms with Crippen molar-refractivity contribution in [2.45, 2.75) is 24.5 Å². The molecule has 0 amide bonds. The van der Waals surface area contributed by atoms with Crippen molar-refractivity contribution < 1.29 is 5.11 Å². The average Bonchev–Trinajstić information content (AvgIpc) is 2.78. The number of H-pyrrole nitrogens is 1. The Bertz CT molecular complexity index is 534. The van der Waals surface area contributed by atoms with Gasteiger partial charge in [-0.1, -0.05) is 17.8 Å². The fourth-order valence-corrected chi connectivity index (χ4v) is 2.63. The molecule has 0 bridgehead atoms. The lowest BCUT2D eigenvalue weighted by Crippen LogP contribution is -2.45. The first-order valence-corrected chi connectivity index (χ1v) is 6.94. The fourth-order valence-electron chi connectivity index (χ4n) is 1.59. The molecule has 1 atom stereocenters. The first kappa shape index (κ1) is 13.4. The summed E-state index contributed by atoms with van der Waals surface area (Å²) in [5, 5.41) is 13.4. The Morgan fingerprint density at radius 2 is 2.28 bits per heavy atom. The number of imidazole rings is 1. The lowest BCUT2D eigenvalue weighted by molar-refractivity contribution is 0.200. The van der Waals surface area contributed by atoms with Gasteiger partial charge in [-0.05, 0) is 38.6 Å². The van der Waals surface area contributed by atoms with Crippen molar-refractivity contribution in [2.75, 3.05) is 19.4 Å². The van der Waals surface area contributed by atoms with Crippen LogP contribution in [0.2, 0.25) is 0 Å². The van der Waals surface area contributed by atoms with Gasteiger partial charge < -0.3 is 15.4 Å². The van der Waals surface area contributed by atoms with E-state index in [1.165, 1.54) is 5.56 Å². The maximum atomic E-state index is 9.33. The number of hydrogen-bond donors (Lipinski definition) is 3. The highest BCUT2D eigenvalue weighted by atomic mass is 32.2. The highest BCUT2D eigenvalue weighted by Crippen LogP contribution is 2.23. The summed E-state index contributed by atoms with van der Waals surface area (Å²) in [7, 11) is 1.86. The number of aliphatic hydroxyl groups excluding tert-OH is 1. The molecule has 0 saturated carbocycles. The van der Waals surface area contributed by atoms with Crippen LogP contribution in [-0.4, -0.2) is 40.0 Å². The molecule has 3 N–H and O–H groups in total. The zero-order valence-electron chi connectivity index (χ0n) is 10.9.